The van der Waals surface area contributed by atoms with Gasteiger partial charge in [-0.05, 0) is 41.7 Å². The first kappa shape index (κ1) is 24.9. The van der Waals surface area contributed by atoms with E-state index in [2.05, 4.69) is 15.9 Å². The van der Waals surface area contributed by atoms with Crippen molar-refractivity contribution >= 4 is 50.4 Å². The molecule has 12 heteroatoms. The minimum atomic E-state index is -0.702. The van der Waals surface area contributed by atoms with Crippen LogP contribution in [-0.4, -0.2) is 19.5 Å². The minimum Gasteiger partial charge on any atom is -0.502 e. The number of allylic oxidation sites excluding steroid dienone is 1. The number of aromatic hydroxyl groups is 1. The molecule has 194 valence electrons. The van der Waals surface area contributed by atoms with Crippen LogP contribution in [0.25, 0.3) is 11.8 Å². The number of hydrogen-bond donors (Lipinski definition) is 1. The highest BCUT2D eigenvalue weighted by Crippen LogP contribution is 2.41. The third-order valence-corrected chi connectivity index (χ3v) is 8.28. The molecule has 0 unspecified atom stereocenters. The maximum atomic E-state index is 13.9. The standard InChI is InChI=1S/C27H17BrN4O6S/c28-17-10-16(25(33)21(13-17)32(37)38)12-22-26(34)30-24(15-5-3-6-18(11-15)31(35)36)20-9-8-14-4-1-2-7-19(14)23(20)29-27(30)39-22/h1-7,10-13,24,33H,8-9H2/b22-12+/t24-/m0/s1. The molecule has 0 bridgehead atoms. The average Bonchev–Trinajstić information content (AvgIpc) is 3.23. The Morgan fingerprint density at radius 2 is 1.85 bits per heavy atom. The predicted molar refractivity (Wildman–Crippen MR) is 148 cm³/mol. The highest BCUT2D eigenvalue weighted by atomic mass is 79.9. The fraction of sp³-hybridized carbons (Fsp3) is 0.111. The summed E-state index contributed by atoms with van der Waals surface area (Å²) in [5, 5.41) is 33.5. The number of nitro benzene ring substituents is 2. The smallest absolute Gasteiger partial charge is 0.312 e. The highest BCUT2D eigenvalue weighted by molar-refractivity contribution is 9.10. The van der Waals surface area contributed by atoms with Gasteiger partial charge in [-0.15, -0.1) is 0 Å². The molecule has 0 saturated heterocycles. The number of halogens is 1. The Hall–Kier alpha value is -4.42. The SMILES string of the molecule is O=c1/c(=C\c2cc(Br)cc([N+](=O)[O-])c2O)sc2n1[C@@H](c1cccc([N+](=O)[O-])c1)C1=C(N=2)c2ccccc2CC1. The molecule has 0 saturated carbocycles. The molecule has 0 radical (unpaired) electrons. The molecular weight excluding hydrogens is 588 g/mol. The number of thiazole rings is 1. The van der Waals surface area contributed by atoms with Crippen molar-refractivity contribution in [3.63, 3.8) is 0 Å². The summed E-state index contributed by atoms with van der Waals surface area (Å²) in [4.78, 5) is 40.9. The molecule has 6 rings (SSSR count). The Morgan fingerprint density at radius 3 is 2.62 bits per heavy atom. The molecule has 0 spiro atoms. The van der Waals surface area contributed by atoms with Crippen LogP contribution in [0.5, 0.6) is 5.75 Å². The Morgan fingerprint density at radius 1 is 1.05 bits per heavy atom. The fourth-order valence-electron chi connectivity index (χ4n) is 5.13. The molecule has 1 aliphatic carbocycles. The van der Waals surface area contributed by atoms with Crippen molar-refractivity contribution in [3.05, 3.63) is 133 Å². The molecule has 39 heavy (non-hydrogen) atoms. The van der Waals surface area contributed by atoms with Crippen LogP contribution in [0, 0.1) is 20.2 Å². The number of nitrogens with zero attached hydrogens (tertiary/aromatic N) is 4. The van der Waals surface area contributed by atoms with Gasteiger partial charge in [-0.2, -0.15) is 0 Å². The quantitative estimate of drug-likeness (QED) is 0.266. The zero-order valence-corrected chi connectivity index (χ0v) is 22.3. The number of hydrogen-bond acceptors (Lipinski definition) is 8. The van der Waals surface area contributed by atoms with Gasteiger partial charge < -0.3 is 5.11 Å². The number of phenols is 1. The normalized spacial score (nSPS) is 16.2. The van der Waals surface area contributed by atoms with Crippen LogP contribution >= 0.6 is 27.3 Å². The van der Waals surface area contributed by atoms with Gasteiger partial charge in [-0.3, -0.25) is 29.6 Å². The van der Waals surface area contributed by atoms with E-state index < -0.39 is 32.9 Å². The van der Waals surface area contributed by atoms with Gasteiger partial charge in [0.2, 0.25) is 5.75 Å². The summed E-state index contributed by atoms with van der Waals surface area (Å²) < 4.78 is 2.10. The second kappa shape index (κ2) is 9.40. The molecule has 2 aliphatic rings. The summed E-state index contributed by atoms with van der Waals surface area (Å²) in [6.07, 6.45) is 2.75. The van der Waals surface area contributed by atoms with Gasteiger partial charge in [0.15, 0.2) is 4.80 Å². The van der Waals surface area contributed by atoms with Crippen molar-refractivity contribution < 1.29 is 15.0 Å². The van der Waals surface area contributed by atoms with E-state index in [9.17, 15) is 30.1 Å². The first-order chi connectivity index (χ1) is 18.7. The van der Waals surface area contributed by atoms with Crippen molar-refractivity contribution in [1.82, 2.24) is 4.57 Å². The maximum Gasteiger partial charge on any atom is 0.312 e. The first-order valence-corrected chi connectivity index (χ1v) is 13.4. The zero-order valence-electron chi connectivity index (χ0n) is 19.9. The van der Waals surface area contributed by atoms with Crippen LogP contribution < -0.4 is 14.9 Å². The second-order valence-electron chi connectivity index (χ2n) is 9.09. The van der Waals surface area contributed by atoms with Gasteiger partial charge >= 0.3 is 5.69 Å². The zero-order chi connectivity index (χ0) is 27.4. The second-order valence-corrected chi connectivity index (χ2v) is 11.0. The molecular formula is C27H17BrN4O6S. The van der Waals surface area contributed by atoms with Gasteiger partial charge in [0.1, 0.15) is 0 Å². The fourth-order valence-corrected chi connectivity index (χ4v) is 6.58. The van der Waals surface area contributed by atoms with E-state index in [1.807, 2.05) is 24.3 Å². The summed E-state index contributed by atoms with van der Waals surface area (Å²) in [7, 11) is 0. The lowest BCUT2D eigenvalue weighted by Crippen LogP contribution is -2.38. The van der Waals surface area contributed by atoms with Crippen LogP contribution in [0.1, 0.15) is 34.7 Å². The van der Waals surface area contributed by atoms with Crippen molar-refractivity contribution in [3.8, 4) is 5.75 Å². The third kappa shape index (κ3) is 4.17. The van der Waals surface area contributed by atoms with Gasteiger partial charge in [0.05, 0.1) is 26.1 Å². The molecule has 1 N–H and O–H groups in total. The van der Waals surface area contributed by atoms with E-state index in [1.54, 1.807) is 12.1 Å². The van der Waals surface area contributed by atoms with E-state index in [0.29, 0.717) is 21.3 Å². The number of benzene rings is 3. The molecule has 1 atom stereocenters. The van der Waals surface area contributed by atoms with Gasteiger partial charge in [0.25, 0.3) is 11.2 Å². The number of aromatic nitrogens is 1. The molecule has 2 heterocycles. The largest absolute Gasteiger partial charge is 0.502 e. The highest BCUT2D eigenvalue weighted by Gasteiger charge is 2.33. The van der Waals surface area contributed by atoms with Gasteiger partial charge in [-0.1, -0.05) is 63.7 Å². The van der Waals surface area contributed by atoms with E-state index >= 15 is 0 Å². The molecule has 0 fully saturated rings. The molecule has 3 aromatic carbocycles. The summed E-state index contributed by atoms with van der Waals surface area (Å²) in [5.74, 6) is -0.558. The van der Waals surface area contributed by atoms with Crippen molar-refractivity contribution in [1.29, 1.82) is 0 Å². The average molecular weight is 605 g/mol. The topological polar surface area (TPSA) is 141 Å². The van der Waals surface area contributed by atoms with Crippen molar-refractivity contribution in [2.24, 2.45) is 4.99 Å². The third-order valence-electron chi connectivity index (χ3n) is 6.84. The van der Waals surface area contributed by atoms with Crippen LogP contribution in [-0.2, 0) is 6.42 Å². The van der Waals surface area contributed by atoms with Crippen LogP contribution in [0.2, 0.25) is 0 Å². The van der Waals surface area contributed by atoms with E-state index in [-0.39, 0.29) is 15.8 Å². The number of rotatable bonds is 4. The Labute approximate surface area is 231 Å². The Balaban J connectivity index is 1.63. The molecule has 1 aromatic heterocycles. The summed E-state index contributed by atoms with van der Waals surface area (Å²) >= 11 is 4.31. The number of phenolic OH excluding ortho intramolecular Hbond substituents is 1. The Kier molecular flexibility index (Phi) is 6.00. The summed E-state index contributed by atoms with van der Waals surface area (Å²) in [6.45, 7) is 0. The number of non-ortho nitro benzene ring substituents is 1. The lowest BCUT2D eigenvalue weighted by Gasteiger charge is -2.30. The van der Waals surface area contributed by atoms with Crippen molar-refractivity contribution in [2.45, 2.75) is 18.9 Å². The maximum absolute atomic E-state index is 13.9. The molecule has 4 aromatic rings. The number of aryl methyl sites for hydroxylation is 1. The molecule has 10 nitrogen and oxygen atoms in total. The Bertz CT molecular complexity index is 1940. The van der Waals surface area contributed by atoms with Crippen LogP contribution in [0.15, 0.2) is 80.5 Å². The van der Waals surface area contributed by atoms with Crippen LogP contribution in [0.4, 0.5) is 11.4 Å². The number of nitro groups is 2. The lowest BCUT2D eigenvalue weighted by molar-refractivity contribution is -0.386. The lowest BCUT2D eigenvalue weighted by atomic mass is 9.83. The molecule has 1 aliphatic heterocycles. The minimum absolute atomic E-state index is 0.0867. The first-order valence-electron chi connectivity index (χ1n) is 11.8. The van der Waals surface area contributed by atoms with E-state index in [4.69, 9.17) is 4.99 Å². The monoisotopic (exact) mass is 604 g/mol. The predicted octanol–water partition coefficient (Wildman–Crippen LogP) is 4.60. The van der Waals surface area contributed by atoms with Crippen molar-refractivity contribution in [2.75, 3.05) is 0 Å². The van der Waals surface area contributed by atoms with Gasteiger partial charge in [0, 0.05) is 33.8 Å². The van der Waals surface area contributed by atoms with E-state index in [1.165, 1.54) is 34.9 Å². The number of fused-ring (bicyclic) bond motifs is 3. The van der Waals surface area contributed by atoms with E-state index in [0.717, 1.165) is 40.2 Å². The van der Waals surface area contributed by atoms with Gasteiger partial charge in [-0.25, -0.2) is 4.99 Å². The van der Waals surface area contributed by atoms with Crippen LogP contribution in [0.3, 0.4) is 0 Å². The summed E-state index contributed by atoms with van der Waals surface area (Å²) in [6, 6.07) is 16.2. The molecule has 0 amide bonds. The summed E-state index contributed by atoms with van der Waals surface area (Å²) in [5.41, 5.74) is 3.39.